The second-order valence-corrected chi connectivity index (χ2v) is 5.92. The number of hydrogen-bond donors (Lipinski definition) is 4. The number of phenols is 4. The van der Waals surface area contributed by atoms with E-state index in [0.717, 1.165) is 0 Å². The van der Waals surface area contributed by atoms with E-state index in [0.29, 0.717) is 44.7 Å². The van der Waals surface area contributed by atoms with Crippen LogP contribution < -0.4 is 4.74 Å². The zero-order chi connectivity index (χ0) is 17.7. The maximum absolute atomic E-state index is 10.6. The van der Waals surface area contributed by atoms with Gasteiger partial charge in [0.25, 0.3) is 0 Å². The number of ether oxygens (including phenoxy) is 1. The Labute approximate surface area is 142 Å². The standard InChI is InChI=1S/C20H16O5/c1-2-25-19-7-11(22)6-16-15-8-17(23)12-4-3-10(21)5-13(12)14(15)9-18(24)20(16)19/h3-9,21-24H,2H2,1H3. The van der Waals surface area contributed by atoms with Crippen LogP contribution in [0.5, 0.6) is 28.7 Å². The minimum Gasteiger partial charge on any atom is -0.508 e. The lowest BCUT2D eigenvalue weighted by Crippen LogP contribution is -1.93. The molecule has 0 amide bonds. The second kappa shape index (κ2) is 5.34. The number of rotatable bonds is 2. The maximum Gasteiger partial charge on any atom is 0.134 e. The van der Waals surface area contributed by atoms with E-state index in [2.05, 4.69) is 0 Å². The molecule has 0 saturated heterocycles. The van der Waals surface area contributed by atoms with E-state index >= 15 is 0 Å². The van der Waals surface area contributed by atoms with E-state index in [9.17, 15) is 20.4 Å². The summed E-state index contributed by atoms with van der Waals surface area (Å²) in [4.78, 5) is 0. The summed E-state index contributed by atoms with van der Waals surface area (Å²) in [6.07, 6.45) is 0. The highest BCUT2D eigenvalue weighted by Gasteiger charge is 2.16. The molecule has 0 fully saturated rings. The Morgan fingerprint density at radius 1 is 0.680 bits per heavy atom. The van der Waals surface area contributed by atoms with Gasteiger partial charge < -0.3 is 25.2 Å². The van der Waals surface area contributed by atoms with E-state index in [1.54, 1.807) is 18.2 Å². The van der Waals surface area contributed by atoms with Crippen LogP contribution in [0.25, 0.3) is 32.3 Å². The Kier molecular flexibility index (Phi) is 3.25. The van der Waals surface area contributed by atoms with E-state index in [1.807, 2.05) is 6.92 Å². The summed E-state index contributed by atoms with van der Waals surface area (Å²) in [5, 5.41) is 44.3. The normalized spacial score (nSPS) is 11.4. The van der Waals surface area contributed by atoms with Crippen LogP contribution in [0.2, 0.25) is 0 Å². The van der Waals surface area contributed by atoms with Gasteiger partial charge >= 0.3 is 0 Å². The highest BCUT2D eigenvalue weighted by molar-refractivity contribution is 6.21. The molecule has 0 unspecified atom stereocenters. The molecule has 5 nitrogen and oxygen atoms in total. The molecule has 0 saturated carbocycles. The molecule has 0 spiro atoms. The molecule has 4 rings (SSSR count). The lowest BCUT2D eigenvalue weighted by atomic mass is 9.95. The van der Waals surface area contributed by atoms with Crippen LogP contribution in [-0.4, -0.2) is 27.0 Å². The first-order valence-electron chi connectivity index (χ1n) is 7.89. The minimum absolute atomic E-state index is 0.00119. The van der Waals surface area contributed by atoms with Crippen molar-refractivity contribution in [3.63, 3.8) is 0 Å². The molecule has 4 N–H and O–H groups in total. The molecule has 0 aliphatic carbocycles. The molecule has 0 aromatic heterocycles. The SMILES string of the molecule is CCOc1cc(O)cc2c1c(O)cc1c3cc(O)ccc3c(O)cc21. The number of aromatic hydroxyl groups is 4. The Hall–Kier alpha value is -3.34. The Balaban J connectivity index is 2.26. The molecular weight excluding hydrogens is 320 g/mol. The maximum atomic E-state index is 10.6. The van der Waals surface area contributed by atoms with Gasteiger partial charge in [0.05, 0.1) is 12.0 Å². The van der Waals surface area contributed by atoms with Crippen molar-refractivity contribution in [2.45, 2.75) is 6.92 Å². The molecule has 0 atom stereocenters. The van der Waals surface area contributed by atoms with E-state index in [1.165, 1.54) is 24.3 Å². The van der Waals surface area contributed by atoms with Crippen LogP contribution in [0.3, 0.4) is 0 Å². The predicted octanol–water partition coefficient (Wildman–Crippen LogP) is 4.37. The molecule has 5 heteroatoms. The molecule has 4 aromatic carbocycles. The monoisotopic (exact) mass is 336 g/mol. The molecule has 0 aliphatic heterocycles. The summed E-state index contributed by atoms with van der Waals surface area (Å²) in [7, 11) is 0. The van der Waals surface area contributed by atoms with Crippen LogP contribution in [0.15, 0.2) is 42.5 Å². The topological polar surface area (TPSA) is 90.2 Å². The third-order valence-corrected chi connectivity index (χ3v) is 4.35. The van der Waals surface area contributed by atoms with Gasteiger partial charge in [0.1, 0.15) is 28.7 Å². The van der Waals surface area contributed by atoms with Crippen molar-refractivity contribution in [2.24, 2.45) is 0 Å². The van der Waals surface area contributed by atoms with Gasteiger partial charge in [-0.25, -0.2) is 0 Å². The second-order valence-electron chi connectivity index (χ2n) is 5.92. The lowest BCUT2D eigenvalue weighted by Gasteiger charge is -2.14. The van der Waals surface area contributed by atoms with Gasteiger partial charge in [-0.2, -0.15) is 0 Å². The highest BCUT2D eigenvalue weighted by Crippen LogP contribution is 2.45. The lowest BCUT2D eigenvalue weighted by molar-refractivity contribution is 0.340. The largest absolute Gasteiger partial charge is 0.508 e. The first-order valence-corrected chi connectivity index (χ1v) is 7.89. The molecule has 0 bridgehead atoms. The Morgan fingerprint density at radius 3 is 2.08 bits per heavy atom. The van der Waals surface area contributed by atoms with E-state index in [4.69, 9.17) is 4.74 Å². The number of hydrogen-bond acceptors (Lipinski definition) is 5. The fraction of sp³-hybridized carbons (Fsp3) is 0.100. The van der Waals surface area contributed by atoms with Crippen molar-refractivity contribution in [3.8, 4) is 28.7 Å². The fourth-order valence-electron chi connectivity index (χ4n) is 3.35. The van der Waals surface area contributed by atoms with Crippen molar-refractivity contribution in [1.82, 2.24) is 0 Å². The summed E-state index contributed by atoms with van der Waals surface area (Å²) >= 11 is 0. The molecule has 0 aliphatic rings. The Bertz CT molecular complexity index is 1150. The summed E-state index contributed by atoms with van der Waals surface area (Å²) in [6.45, 7) is 2.20. The minimum atomic E-state index is -0.00153. The van der Waals surface area contributed by atoms with Crippen LogP contribution in [0.4, 0.5) is 0 Å². The molecule has 25 heavy (non-hydrogen) atoms. The van der Waals surface area contributed by atoms with Crippen molar-refractivity contribution >= 4 is 32.3 Å². The van der Waals surface area contributed by atoms with Gasteiger partial charge in [-0.1, -0.05) is 0 Å². The molecule has 126 valence electrons. The average molecular weight is 336 g/mol. The van der Waals surface area contributed by atoms with Gasteiger partial charge in [0.15, 0.2) is 0 Å². The summed E-state index contributed by atoms with van der Waals surface area (Å²) < 4.78 is 5.54. The van der Waals surface area contributed by atoms with Crippen molar-refractivity contribution in [1.29, 1.82) is 0 Å². The van der Waals surface area contributed by atoms with Gasteiger partial charge in [0, 0.05) is 16.8 Å². The van der Waals surface area contributed by atoms with Gasteiger partial charge in [-0.05, 0) is 59.5 Å². The zero-order valence-electron chi connectivity index (χ0n) is 13.4. The number of fused-ring (bicyclic) bond motifs is 5. The molecular formula is C20H16O5. The quantitative estimate of drug-likeness (QED) is 0.408. The van der Waals surface area contributed by atoms with Crippen molar-refractivity contribution in [2.75, 3.05) is 6.61 Å². The van der Waals surface area contributed by atoms with Gasteiger partial charge in [-0.3, -0.25) is 0 Å². The zero-order valence-corrected chi connectivity index (χ0v) is 13.4. The molecule has 0 heterocycles. The first kappa shape index (κ1) is 15.2. The van der Waals surface area contributed by atoms with Crippen molar-refractivity contribution in [3.05, 3.63) is 42.5 Å². The number of benzene rings is 4. The van der Waals surface area contributed by atoms with Crippen LogP contribution in [0.1, 0.15) is 6.92 Å². The van der Waals surface area contributed by atoms with Gasteiger partial charge in [0.2, 0.25) is 0 Å². The van der Waals surface area contributed by atoms with Gasteiger partial charge in [-0.15, -0.1) is 0 Å². The van der Waals surface area contributed by atoms with Crippen LogP contribution in [-0.2, 0) is 0 Å². The highest BCUT2D eigenvalue weighted by atomic mass is 16.5. The van der Waals surface area contributed by atoms with Crippen molar-refractivity contribution < 1.29 is 25.2 Å². The molecule has 0 radical (unpaired) electrons. The summed E-state index contributed by atoms with van der Waals surface area (Å²) in [6, 6.07) is 10.8. The number of phenolic OH excluding ortho intramolecular Hbond substituents is 4. The smallest absolute Gasteiger partial charge is 0.134 e. The summed E-state index contributed by atoms with van der Waals surface area (Å²) in [5.74, 6) is 0.479. The third-order valence-electron chi connectivity index (χ3n) is 4.35. The average Bonchev–Trinajstić information content (AvgIpc) is 2.56. The molecule has 4 aromatic rings. The summed E-state index contributed by atoms with van der Waals surface area (Å²) in [5.41, 5.74) is 0. The fourth-order valence-corrected chi connectivity index (χ4v) is 3.35. The van der Waals surface area contributed by atoms with Crippen LogP contribution >= 0.6 is 0 Å². The Morgan fingerprint density at radius 2 is 1.32 bits per heavy atom. The van der Waals surface area contributed by atoms with Crippen LogP contribution in [0, 0.1) is 0 Å². The predicted molar refractivity (Wildman–Crippen MR) is 96.8 cm³/mol. The van der Waals surface area contributed by atoms with E-state index < -0.39 is 0 Å². The van der Waals surface area contributed by atoms with E-state index in [-0.39, 0.29) is 23.0 Å². The first-order chi connectivity index (χ1) is 12.0. The third kappa shape index (κ3) is 2.24.